The minimum absolute atomic E-state index is 0.0197. The summed E-state index contributed by atoms with van der Waals surface area (Å²) in [5.74, 6) is 0. The Labute approximate surface area is 89.3 Å². The van der Waals surface area contributed by atoms with Gasteiger partial charge in [0.25, 0.3) is 0 Å². The Morgan fingerprint density at radius 2 is 1.93 bits per heavy atom. The highest BCUT2D eigenvalue weighted by atomic mass is 35.5. The summed E-state index contributed by atoms with van der Waals surface area (Å²) in [6.07, 6.45) is 4.94. The van der Waals surface area contributed by atoms with Gasteiger partial charge in [0.15, 0.2) is 0 Å². The summed E-state index contributed by atoms with van der Waals surface area (Å²) in [4.78, 5) is 20.2. The second-order valence-electron chi connectivity index (χ2n) is 3.88. The standard InChI is InChI=1S/C9H16ClO3P/c10-9(11)6-7-14(12,13)8-4-2-1-3-5-8/h8H,1-7H2,(H,12,13). The smallest absolute Gasteiger partial charge is 0.222 e. The lowest BCUT2D eigenvalue weighted by atomic mass is 10.0. The van der Waals surface area contributed by atoms with Crippen molar-refractivity contribution in [2.75, 3.05) is 6.16 Å². The van der Waals surface area contributed by atoms with Crippen molar-refractivity contribution < 1.29 is 14.3 Å². The normalized spacial score (nSPS) is 23.0. The molecule has 82 valence electrons. The van der Waals surface area contributed by atoms with Crippen molar-refractivity contribution in [1.29, 1.82) is 0 Å². The van der Waals surface area contributed by atoms with Crippen LogP contribution in [0.1, 0.15) is 38.5 Å². The molecule has 0 saturated heterocycles. The monoisotopic (exact) mass is 238 g/mol. The molecule has 0 radical (unpaired) electrons. The molecule has 1 fully saturated rings. The summed E-state index contributed by atoms with van der Waals surface area (Å²) in [6, 6.07) is 0. The molecule has 1 unspecified atom stereocenters. The van der Waals surface area contributed by atoms with Crippen LogP contribution in [0, 0.1) is 0 Å². The molecule has 0 spiro atoms. The highest BCUT2D eigenvalue weighted by Gasteiger charge is 2.31. The van der Waals surface area contributed by atoms with Crippen molar-refractivity contribution in [2.24, 2.45) is 0 Å². The van der Waals surface area contributed by atoms with E-state index in [4.69, 9.17) is 11.6 Å². The van der Waals surface area contributed by atoms with Gasteiger partial charge in [-0.1, -0.05) is 19.3 Å². The zero-order valence-electron chi connectivity index (χ0n) is 8.12. The Morgan fingerprint density at radius 3 is 2.43 bits per heavy atom. The molecular formula is C9H16ClO3P. The minimum atomic E-state index is -3.13. The molecule has 0 aromatic heterocycles. The first kappa shape index (κ1) is 12.2. The summed E-state index contributed by atoms with van der Waals surface area (Å²) in [7, 11) is -3.13. The van der Waals surface area contributed by atoms with E-state index in [0.717, 1.165) is 32.1 Å². The Balaban J connectivity index is 2.45. The first-order chi connectivity index (χ1) is 6.52. The van der Waals surface area contributed by atoms with Gasteiger partial charge in [-0.3, -0.25) is 9.36 Å². The molecule has 1 rings (SSSR count). The van der Waals surface area contributed by atoms with Crippen LogP contribution in [-0.4, -0.2) is 22.0 Å². The molecule has 1 N–H and O–H groups in total. The maximum atomic E-state index is 11.8. The van der Waals surface area contributed by atoms with Crippen LogP contribution in [0.3, 0.4) is 0 Å². The summed E-state index contributed by atoms with van der Waals surface area (Å²) in [5, 5.41) is -0.518. The molecular weight excluding hydrogens is 223 g/mol. The lowest BCUT2D eigenvalue weighted by Gasteiger charge is -2.26. The molecule has 0 aliphatic heterocycles. The van der Waals surface area contributed by atoms with Gasteiger partial charge < -0.3 is 4.89 Å². The molecule has 0 amide bonds. The van der Waals surface area contributed by atoms with Gasteiger partial charge in [-0.05, 0) is 24.4 Å². The van der Waals surface area contributed by atoms with Crippen LogP contribution in [0.15, 0.2) is 0 Å². The number of rotatable bonds is 4. The Hall–Kier alpha value is 0.150. The second-order valence-corrected chi connectivity index (χ2v) is 6.99. The summed E-state index contributed by atoms with van der Waals surface area (Å²) in [5.41, 5.74) is -0.0905. The van der Waals surface area contributed by atoms with Crippen LogP contribution in [0.2, 0.25) is 0 Å². The van der Waals surface area contributed by atoms with Gasteiger partial charge in [0, 0.05) is 18.2 Å². The lowest BCUT2D eigenvalue weighted by molar-refractivity contribution is -0.111. The number of carbonyl (C=O) groups is 1. The van der Waals surface area contributed by atoms with Crippen molar-refractivity contribution in [3.05, 3.63) is 0 Å². The number of hydrogen-bond acceptors (Lipinski definition) is 2. The zero-order chi connectivity index (χ0) is 10.6. The van der Waals surface area contributed by atoms with E-state index in [1.165, 1.54) is 0 Å². The fourth-order valence-corrected chi connectivity index (χ4v) is 4.20. The van der Waals surface area contributed by atoms with Crippen molar-refractivity contribution in [3.8, 4) is 0 Å². The quantitative estimate of drug-likeness (QED) is 0.605. The van der Waals surface area contributed by atoms with E-state index in [-0.39, 0.29) is 18.2 Å². The van der Waals surface area contributed by atoms with Crippen molar-refractivity contribution in [3.63, 3.8) is 0 Å². The predicted molar refractivity (Wildman–Crippen MR) is 57.0 cm³/mol. The van der Waals surface area contributed by atoms with Gasteiger partial charge in [-0.15, -0.1) is 0 Å². The van der Waals surface area contributed by atoms with Crippen LogP contribution in [-0.2, 0) is 9.36 Å². The Kier molecular flexibility index (Phi) is 4.62. The Morgan fingerprint density at radius 1 is 1.36 bits per heavy atom. The van der Waals surface area contributed by atoms with Crippen molar-refractivity contribution >= 4 is 24.2 Å². The highest BCUT2D eigenvalue weighted by Crippen LogP contribution is 2.52. The third kappa shape index (κ3) is 3.72. The third-order valence-electron chi connectivity index (χ3n) is 2.77. The van der Waals surface area contributed by atoms with E-state index in [1.807, 2.05) is 0 Å². The first-order valence-corrected chi connectivity index (χ1v) is 7.31. The lowest BCUT2D eigenvalue weighted by Crippen LogP contribution is -2.15. The van der Waals surface area contributed by atoms with E-state index in [1.54, 1.807) is 0 Å². The molecule has 3 nitrogen and oxygen atoms in total. The van der Waals surface area contributed by atoms with Gasteiger partial charge in [0.1, 0.15) is 0 Å². The van der Waals surface area contributed by atoms with Gasteiger partial charge in [0.05, 0.1) is 0 Å². The fourth-order valence-electron chi connectivity index (χ4n) is 1.92. The maximum absolute atomic E-state index is 11.8. The number of carbonyl (C=O) groups excluding carboxylic acids is 1. The van der Waals surface area contributed by atoms with Crippen molar-refractivity contribution in [2.45, 2.75) is 44.2 Å². The zero-order valence-corrected chi connectivity index (χ0v) is 9.77. The van der Waals surface area contributed by atoms with E-state index < -0.39 is 12.6 Å². The van der Waals surface area contributed by atoms with Gasteiger partial charge >= 0.3 is 0 Å². The molecule has 0 aromatic rings. The van der Waals surface area contributed by atoms with Crippen LogP contribution in [0.5, 0.6) is 0 Å². The van der Waals surface area contributed by atoms with Gasteiger partial charge in [0.2, 0.25) is 12.6 Å². The summed E-state index contributed by atoms with van der Waals surface area (Å²) < 4.78 is 11.8. The SMILES string of the molecule is O=C(Cl)CCP(=O)(O)C1CCCCC1. The highest BCUT2D eigenvalue weighted by molar-refractivity contribution is 7.58. The first-order valence-electron chi connectivity index (χ1n) is 5.02. The van der Waals surface area contributed by atoms with E-state index in [9.17, 15) is 14.3 Å². The van der Waals surface area contributed by atoms with Gasteiger partial charge in [-0.2, -0.15) is 0 Å². The molecule has 0 heterocycles. The molecule has 1 aliphatic rings. The third-order valence-corrected chi connectivity index (χ3v) is 5.48. The molecule has 0 aromatic carbocycles. The van der Waals surface area contributed by atoms with Gasteiger partial charge in [-0.25, -0.2) is 0 Å². The van der Waals surface area contributed by atoms with E-state index in [0.29, 0.717) is 0 Å². The van der Waals surface area contributed by atoms with Crippen LogP contribution < -0.4 is 0 Å². The molecule has 1 saturated carbocycles. The maximum Gasteiger partial charge on any atom is 0.222 e. The predicted octanol–water partition coefficient (Wildman–Crippen LogP) is 2.75. The average Bonchev–Trinajstić information content (AvgIpc) is 2.16. The summed E-state index contributed by atoms with van der Waals surface area (Å²) in [6.45, 7) is 0. The topological polar surface area (TPSA) is 54.4 Å². The molecule has 1 aliphatic carbocycles. The van der Waals surface area contributed by atoms with E-state index in [2.05, 4.69) is 0 Å². The van der Waals surface area contributed by atoms with Crippen molar-refractivity contribution in [1.82, 2.24) is 0 Å². The number of halogens is 1. The molecule has 5 heteroatoms. The summed E-state index contributed by atoms with van der Waals surface area (Å²) >= 11 is 5.15. The Bertz CT molecular complexity index is 248. The molecule has 1 atom stereocenters. The van der Waals surface area contributed by atoms with Crippen LogP contribution in [0.25, 0.3) is 0 Å². The minimum Gasteiger partial charge on any atom is -0.344 e. The molecule has 0 bridgehead atoms. The van der Waals surface area contributed by atoms with Crippen LogP contribution in [0.4, 0.5) is 0 Å². The largest absolute Gasteiger partial charge is 0.344 e. The number of hydrogen-bond donors (Lipinski definition) is 1. The fraction of sp³-hybridized carbons (Fsp3) is 0.889. The second kappa shape index (κ2) is 5.29. The van der Waals surface area contributed by atoms with Crippen LogP contribution >= 0.6 is 19.0 Å². The van der Waals surface area contributed by atoms with E-state index >= 15 is 0 Å². The molecule has 14 heavy (non-hydrogen) atoms. The average molecular weight is 239 g/mol.